The van der Waals surface area contributed by atoms with Gasteiger partial charge in [-0.15, -0.1) is 0 Å². The topological polar surface area (TPSA) is 140 Å². The summed E-state index contributed by atoms with van der Waals surface area (Å²) >= 11 is 6.15. The molecule has 3 aromatic carbocycles. The number of benzene rings is 3. The second-order valence-electron chi connectivity index (χ2n) is 6.75. The van der Waals surface area contributed by atoms with Crippen molar-refractivity contribution in [3.63, 3.8) is 0 Å². The molecule has 12 heteroatoms. The zero-order valence-electron chi connectivity index (χ0n) is 16.3. The molecule has 4 N–H and O–H groups in total. The molecule has 166 valence electrons. The Labute approximate surface area is 190 Å². The minimum atomic E-state index is -3.90. The number of primary sulfonamides is 1. The van der Waals surface area contributed by atoms with Gasteiger partial charge in [-0.3, -0.25) is 0 Å². The number of halogens is 1. The molecule has 0 aromatic heterocycles. The number of nitrogens with two attached hydrogens (primary N) is 1. The summed E-state index contributed by atoms with van der Waals surface area (Å²) in [4.78, 5) is 4.23. The van der Waals surface area contributed by atoms with Gasteiger partial charge in [0.15, 0.2) is 5.75 Å². The molecule has 32 heavy (non-hydrogen) atoms. The van der Waals surface area contributed by atoms with Crippen LogP contribution in [0.5, 0.6) is 11.5 Å². The van der Waals surface area contributed by atoms with Crippen molar-refractivity contribution in [1.82, 2.24) is 4.72 Å². The first-order valence-corrected chi connectivity index (χ1v) is 12.6. The van der Waals surface area contributed by atoms with Gasteiger partial charge >= 0.3 is 0 Å². The van der Waals surface area contributed by atoms with Crippen molar-refractivity contribution in [3.8, 4) is 11.5 Å². The Hall–Kier alpha value is -3.12. The number of para-hydroxylation sites is 2. The van der Waals surface area contributed by atoms with Crippen LogP contribution in [-0.4, -0.2) is 22.8 Å². The molecule has 0 radical (unpaired) electrons. The van der Waals surface area contributed by atoms with Crippen LogP contribution in [0.15, 0.2) is 81.5 Å². The molecular weight excluding hydrogens is 476 g/mol. The van der Waals surface area contributed by atoms with E-state index in [9.17, 15) is 16.8 Å². The molecule has 0 saturated heterocycles. The van der Waals surface area contributed by atoms with Crippen molar-refractivity contribution in [3.05, 3.63) is 77.3 Å². The minimum Gasteiger partial charge on any atom is -0.454 e. The van der Waals surface area contributed by atoms with Crippen molar-refractivity contribution >= 4 is 43.3 Å². The van der Waals surface area contributed by atoms with E-state index in [2.05, 4.69) is 15.0 Å². The van der Waals surface area contributed by atoms with E-state index in [1.807, 2.05) is 0 Å². The van der Waals surface area contributed by atoms with Crippen molar-refractivity contribution in [1.29, 1.82) is 0 Å². The Balaban J connectivity index is 1.63. The number of sulfonamides is 2. The number of aliphatic imine (C=N–C) groups is 1. The highest BCUT2D eigenvalue weighted by molar-refractivity contribution is 7.90. The molecule has 9 nitrogen and oxygen atoms in total. The quantitative estimate of drug-likeness (QED) is 0.500. The SMILES string of the molecule is NS(=O)(=O)c1ccc(CN=C2Nc3c(Oc4ccccc4Cl)cccc3S(=O)(=O)N2)cc1. The van der Waals surface area contributed by atoms with Gasteiger partial charge in [-0.2, -0.15) is 0 Å². The van der Waals surface area contributed by atoms with Crippen molar-refractivity contribution < 1.29 is 21.6 Å². The number of guanidine groups is 1. The lowest BCUT2D eigenvalue weighted by Crippen LogP contribution is -2.40. The number of ether oxygens (including phenoxy) is 1. The van der Waals surface area contributed by atoms with Crippen molar-refractivity contribution in [2.45, 2.75) is 16.3 Å². The summed E-state index contributed by atoms with van der Waals surface area (Å²) in [6, 6.07) is 17.2. The number of hydrogen-bond donors (Lipinski definition) is 3. The van der Waals surface area contributed by atoms with E-state index < -0.39 is 20.0 Å². The van der Waals surface area contributed by atoms with E-state index in [1.54, 1.807) is 48.5 Å². The van der Waals surface area contributed by atoms with Gasteiger partial charge in [-0.25, -0.2) is 31.7 Å². The molecule has 0 aliphatic carbocycles. The summed E-state index contributed by atoms with van der Waals surface area (Å²) in [7, 11) is -7.70. The Morgan fingerprint density at radius 2 is 1.66 bits per heavy atom. The van der Waals surface area contributed by atoms with E-state index in [1.165, 1.54) is 18.2 Å². The molecule has 0 unspecified atom stereocenters. The first-order chi connectivity index (χ1) is 15.1. The highest BCUT2D eigenvalue weighted by Crippen LogP contribution is 2.38. The number of hydrogen-bond acceptors (Lipinski definition) is 6. The summed E-state index contributed by atoms with van der Waals surface area (Å²) in [6.45, 7) is 0.0820. The largest absolute Gasteiger partial charge is 0.454 e. The van der Waals surface area contributed by atoms with Gasteiger partial charge in [-0.1, -0.05) is 41.9 Å². The fourth-order valence-corrected chi connectivity index (χ4v) is 4.79. The fraction of sp³-hybridized carbons (Fsp3) is 0.0500. The Morgan fingerprint density at radius 1 is 0.969 bits per heavy atom. The molecule has 3 aromatic rings. The average Bonchev–Trinajstić information content (AvgIpc) is 2.74. The molecule has 0 fully saturated rings. The molecule has 0 spiro atoms. The predicted molar refractivity (Wildman–Crippen MR) is 121 cm³/mol. The van der Waals surface area contributed by atoms with Crippen LogP contribution in [0.4, 0.5) is 5.69 Å². The number of nitrogens with one attached hydrogen (secondary N) is 2. The Kier molecular flexibility index (Phi) is 5.82. The lowest BCUT2D eigenvalue weighted by atomic mass is 10.2. The monoisotopic (exact) mass is 492 g/mol. The van der Waals surface area contributed by atoms with Crippen LogP contribution in [0.2, 0.25) is 5.02 Å². The fourth-order valence-electron chi connectivity index (χ4n) is 2.94. The maximum Gasteiger partial charge on any atom is 0.266 e. The van der Waals surface area contributed by atoms with Gasteiger partial charge in [0.05, 0.1) is 16.5 Å². The van der Waals surface area contributed by atoms with Crippen LogP contribution in [0.25, 0.3) is 0 Å². The van der Waals surface area contributed by atoms with Crippen LogP contribution < -0.4 is 19.9 Å². The lowest BCUT2D eigenvalue weighted by molar-refractivity contribution is 0.483. The van der Waals surface area contributed by atoms with Crippen LogP contribution >= 0.6 is 11.6 Å². The van der Waals surface area contributed by atoms with Crippen LogP contribution in [0.3, 0.4) is 0 Å². The van der Waals surface area contributed by atoms with Gasteiger partial charge in [0.25, 0.3) is 10.0 Å². The number of fused-ring (bicyclic) bond motifs is 1. The third kappa shape index (κ3) is 4.70. The van der Waals surface area contributed by atoms with E-state index in [4.69, 9.17) is 21.5 Å². The van der Waals surface area contributed by atoms with Crippen LogP contribution in [0.1, 0.15) is 5.56 Å². The summed E-state index contributed by atoms with van der Waals surface area (Å²) in [6.07, 6.45) is 0. The van der Waals surface area contributed by atoms with Crippen LogP contribution in [0, 0.1) is 0 Å². The number of rotatable bonds is 5. The summed E-state index contributed by atoms with van der Waals surface area (Å²) in [5.41, 5.74) is 0.867. The Bertz CT molecular complexity index is 1420. The summed E-state index contributed by atoms with van der Waals surface area (Å²) in [5, 5.41) is 8.41. The van der Waals surface area contributed by atoms with E-state index in [-0.39, 0.29) is 33.7 Å². The first kappa shape index (κ1) is 22.1. The highest BCUT2D eigenvalue weighted by atomic mass is 35.5. The molecule has 0 saturated carbocycles. The maximum absolute atomic E-state index is 12.7. The van der Waals surface area contributed by atoms with Crippen molar-refractivity contribution in [2.75, 3.05) is 5.32 Å². The van der Waals surface area contributed by atoms with E-state index in [0.29, 0.717) is 16.3 Å². The zero-order valence-corrected chi connectivity index (χ0v) is 18.7. The van der Waals surface area contributed by atoms with Gasteiger partial charge in [-0.05, 0) is 42.0 Å². The first-order valence-electron chi connectivity index (χ1n) is 9.15. The molecule has 1 aliphatic heterocycles. The molecule has 4 rings (SSSR count). The van der Waals surface area contributed by atoms with E-state index >= 15 is 0 Å². The van der Waals surface area contributed by atoms with Crippen molar-refractivity contribution in [2.24, 2.45) is 10.1 Å². The molecule has 0 amide bonds. The number of anilines is 1. The molecule has 0 atom stereocenters. The smallest absolute Gasteiger partial charge is 0.266 e. The summed E-state index contributed by atoms with van der Waals surface area (Å²) < 4.78 is 56.4. The Morgan fingerprint density at radius 3 is 2.34 bits per heavy atom. The third-order valence-corrected chi connectivity index (χ3v) is 7.10. The second-order valence-corrected chi connectivity index (χ2v) is 10.4. The normalized spacial score (nSPS) is 16.0. The molecule has 0 bridgehead atoms. The van der Waals surface area contributed by atoms with Crippen LogP contribution in [-0.2, 0) is 26.6 Å². The minimum absolute atomic E-state index is 0.00138. The van der Waals surface area contributed by atoms with Gasteiger partial charge in [0, 0.05) is 0 Å². The zero-order chi connectivity index (χ0) is 22.9. The van der Waals surface area contributed by atoms with Gasteiger partial charge < -0.3 is 10.1 Å². The average molecular weight is 493 g/mol. The standard InChI is InChI=1S/C20H17ClN4O5S2/c21-15-4-1-2-5-16(15)30-17-6-3-7-18-19(17)24-20(25-32(18,28)29)23-12-13-8-10-14(11-9-13)31(22,26)27/h1-11H,12H2,(H2,22,26,27)(H2,23,24,25). The molecule has 1 heterocycles. The summed E-state index contributed by atoms with van der Waals surface area (Å²) in [5.74, 6) is 0.614. The lowest BCUT2D eigenvalue weighted by Gasteiger charge is -2.23. The van der Waals surface area contributed by atoms with Gasteiger partial charge in [0.1, 0.15) is 16.3 Å². The number of nitrogens with zero attached hydrogens (tertiary/aromatic N) is 1. The van der Waals surface area contributed by atoms with Gasteiger partial charge in [0.2, 0.25) is 16.0 Å². The molecule has 1 aliphatic rings. The van der Waals surface area contributed by atoms with E-state index in [0.717, 1.165) is 0 Å². The predicted octanol–water partition coefficient (Wildman–Crippen LogP) is 3.04. The molecular formula is C20H17ClN4O5S2. The third-order valence-electron chi connectivity index (χ3n) is 4.48. The maximum atomic E-state index is 12.7. The highest BCUT2D eigenvalue weighted by Gasteiger charge is 2.29. The second kappa shape index (κ2) is 8.43.